The van der Waals surface area contributed by atoms with Crippen LogP contribution in [0.5, 0.6) is 0 Å². The van der Waals surface area contributed by atoms with Gasteiger partial charge in [0.15, 0.2) is 9.84 Å². The molecule has 2 saturated heterocycles. The van der Waals surface area contributed by atoms with Gasteiger partial charge in [0.05, 0.1) is 4.90 Å². The van der Waals surface area contributed by atoms with Crippen LogP contribution in [0.25, 0.3) is 6.08 Å². The molecule has 1 atom stereocenters. The number of benzene rings is 3. The Hall–Kier alpha value is -3.31. The van der Waals surface area contributed by atoms with Gasteiger partial charge in [0.1, 0.15) is 5.25 Å². The van der Waals surface area contributed by atoms with Gasteiger partial charge < -0.3 is 9.80 Å². The lowest BCUT2D eigenvalue weighted by molar-refractivity contribution is 0.584. The molecule has 2 aliphatic heterocycles. The van der Waals surface area contributed by atoms with Crippen LogP contribution in [0.4, 0.5) is 11.4 Å². The number of nitrogens with zero attached hydrogens (tertiary/aromatic N) is 2. The molecular formula is C34H38N2O2S. The van der Waals surface area contributed by atoms with Crippen LogP contribution in [-0.2, 0) is 9.84 Å². The van der Waals surface area contributed by atoms with Crippen LogP contribution >= 0.6 is 0 Å². The average molecular weight is 539 g/mol. The lowest BCUT2D eigenvalue weighted by atomic mass is 9.90. The Balaban J connectivity index is 1.33. The number of allylic oxidation sites excluding steroid dienone is 2. The zero-order valence-electron chi connectivity index (χ0n) is 22.6. The molecule has 0 spiro atoms. The first kappa shape index (κ1) is 25.9. The molecule has 2 heterocycles. The van der Waals surface area contributed by atoms with E-state index in [9.17, 15) is 8.42 Å². The minimum absolute atomic E-state index is 0.383. The SMILES string of the molecule is O=S(=O)(c1ccccc1)C(C1=CC(=Cc2ccc(N3CCCC3)cc2)CCC1)c1ccc(N2CCCC2)cc1. The number of rotatable bonds is 7. The van der Waals surface area contributed by atoms with E-state index < -0.39 is 15.1 Å². The molecule has 0 saturated carbocycles. The summed E-state index contributed by atoms with van der Waals surface area (Å²) in [5.74, 6) is 0. The van der Waals surface area contributed by atoms with E-state index in [4.69, 9.17) is 0 Å². The van der Waals surface area contributed by atoms with E-state index in [-0.39, 0.29) is 0 Å². The van der Waals surface area contributed by atoms with Crippen molar-refractivity contribution in [3.63, 3.8) is 0 Å². The Morgan fingerprint density at radius 1 is 0.641 bits per heavy atom. The molecule has 3 aromatic carbocycles. The first-order valence-corrected chi connectivity index (χ1v) is 16.0. The van der Waals surface area contributed by atoms with Gasteiger partial charge in [-0.1, -0.05) is 54.6 Å². The summed E-state index contributed by atoms with van der Waals surface area (Å²) in [6.07, 6.45) is 12.1. The smallest absolute Gasteiger partial charge is 0.189 e. The molecule has 6 rings (SSSR count). The topological polar surface area (TPSA) is 40.6 Å². The van der Waals surface area contributed by atoms with Crippen molar-refractivity contribution in [1.82, 2.24) is 0 Å². The van der Waals surface area contributed by atoms with Gasteiger partial charge in [0, 0.05) is 37.6 Å². The van der Waals surface area contributed by atoms with E-state index in [2.05, 4.69) is 58.4 Å². The highest BCUT2D eigenvalue weighted by Gasteiger charge is 2.33. The maximum absolute atomic E-state index is 14.1. The summed E-state index contributed by atoms with van der Waals surface area (Å²) in [4.78, 5) is 5.22. The second-order valence-electron chi connectivity index (χ2n) is 11.1. The molecular weight excluding hydrogens is 500 g/mol. The summed E-state index contributed by atoms with van der Waals surface area (Å²) in [6.45, 7) is 4.43. The van der Waals surface area contributed by atoms with Crippen molar-refractivity contribution >= 4 is 27.3 Å². The van der Waals surface area contributed by atoms with E-state index in [1.165, 1.54) is 48.2 Å². The van der Waals surface area contributed by atoms with Crippen molar-refractivity contribution in [2.24, 2.45) is 0 Å². The van der Waals surface area contributed by atoms with E-state index >= 15 is 0 Å². The van der Waals surface area contributed by atoms with Crippen LogP contribution in [0.2, 0.25) is 0 Å². The summed E-state index contributed by atoms with van der Waals surface area (Å²) >= 11 is 0. The van der Waals surface area contributed by atoms with Gasteiger partial charge in [-0.3, -0.25) is 0 Å². The number of hydrogen-bond acceptors (Lipinski definition) is 4. The van der Waals surface area contributed by atoms with Gasteiger partial charge in [-0.2, -0.15) is 0 Å². The fourth-order valence-electron chi connectivity index (χ4n) is 6.34. The molecule has 1 aliphatic carbocycles. The van der Waals surface area contributed by atoms with Crippen LogP contribution in [-0.4, -0.2) is 34.6 Å². The Morgan fingerprint density at radius 2 is 1.21 bits per heavy atom. The van der Waals surface area contributed by atoms with Gasteiger partial charge in [0.25, 0.3) is 0 Å². The fraction of sp³-hybridized carbons (Fsp3) is 0.353. The van der Waals surface area contributed by atoms with Crippen molar-refractivity contribution in [1.29, 1.82) is 0 Å². The van der Waals surface area contributed by atoms with Crippen LogP contribution in [0.1, 0.15) is 61.3 Å². The van der Waals surface area contributed by atoms with Crippen molar-refractivity contribution < 1.29 is 8.42 Å². The van der Waals surface area contributed by atoms with E-state index in [0.29, 0.717) is 4.90 Å². The Kier molecular flexibility index (Phi) is 7.60. The highest BCUT2D eigenvalue weighted by molar-refractivity contribution is 7.92. The highest BCUT2D eigenvalue weighted by Crippen LogP contribution is 2.41. The molecule has 0 N–H and O–H groups in total. The average Bonchev–Trinajstić information content (AvgIpc) is 3.70. The van der Waals surface area contributed by atoms with Crippen molar-refractivity contribution in [3.8, 4) is 0 Å². The second-order valence-corrected chi connectivity index (χ2v) is 13.1. The summed E-state index contributed by atoms with van der Waals surface area (Å²) in [5, 5.41) is -0.686. The van der Waals surface area contributed by atoms with Crippen LogP contribution in [0.15, 0.2) is 101 Å². The van der Waals surface area contributed by atoms with Gasteiger partial charge >= 0.3 is 0 Å². The molecule has 4 nitrogen and oxygen atoms in total. The van der Waals surface area contributed by atoms with Crippen LogP contribution < -0.4 is 9.80 Å². The molecule has 1 unspecified atom stereocenters. The Morgan fingerprint density at radius 3 is 1.79 bits per heavy atom. The lowest BCUT2D eigenvalue weighted by Gasteiger charge is -2.26. The molecule has 0 radical (unpaired) electrons. The molecule has 3 aliphatic rings. The maximum atomic E-state index is 14.1. The van der Waals surface area contributed by atoms with Gasteiger partial charge in [-0.15, -0.1) is 0 Å². The molecule has 39 heavy (non-hydrogen) atoms. The third kappa shape index (κ3) is 5.69. The van der Waals surface area contributed by atoms with Crippen LogP contribution in [0.3, 0.4) is 0 Å². The normalized spacial score (nSPS) is 19.9. The summed E-state index contributed by atoms with van der Waals surface area (Å²) in [5.41, 5.74) is 6.68. The minimum atomic E-state index is -3.61. The molecule has 3 aromatic rings. The van der Waals surface area contributed by atoms with Gasteiger partial charge in [-0.05, 0) is 104 Å². The van der Waals surface area contributed by atoms with E-state index in [1.807, 2.05) is 30.3 Å². The number of anilines is 2. The predicted octanol–water partition coefficient (Wildman–Crippen LogP) is 7.60. The monoisotopic (exact) mass is 538 g/mol. The Bertz CT molecular complexity index is 1430. The molecule has 2 fully saturated rings. The minimum Gasteiger partial charge on any atom is -0.372 e. The number of hydrogen-bond donors (Lipinski definition) is 0. The summed E-state index contributed by atoms with van der Waals surface area (Å²) in [7, 11) is -3.61. The lowest BCUT2D eigenvalue weighted by Crippen LogP contribution is -2.19. The Labute approximate surface area is 233 Å². The van der Waals surface area contributed by atoms with E-state index in [1.54, 1.807) is 12.1 Å². The van der Waals surface area contributed by atoms with Crippen molar-refractivity contribution in [2.75, 3.05) is 36.0 Å². The van der Waals surface area contributed by atoms with Crippen molar-refractivity contribution in [2.45, 2.75) is 55.1 Å². The first-order chi connectivity index (χ1) is 19.1. The number of sulfone groups is 1. The molecule has 202 valence electrons. The van der Waals surface area contributed by atoms with Crippen molar-refractivity contribution in [3.05, 3.63) is 107 Å². The largest absolute Gasteiger partial charge is 0.372 e. The zero-order valence-corrected chi connectivity index (χ0v) is 23.5. The standard InChI is InChI=1S/C34H38N2O2S/c37-39(38,33-11-2-1-3-12-33)34(29-15-19-32(20-16-29)36-23-6-7-24-36)30-10-8-9-28(26-30)25-27-13-17-31(18-14-27)35-21-4-5-22-35/h1-3,11-20,25-26,34H,4-10,21-24H2. The van der Waals surface area contributed by atoms with Gasteiger partial charge in [-0.25, -0.2) is 8.42 Å². The molecule has 0 aromatic heterocycles. The fourth-order valence-corrected chi connectivity index (χ4v) is 8.25. The second kappa shape index (κ2) is 11.4. The maximum Gasteiger partial charge on any atom is 0.189 e. The zero-order chi connectivity index (χ0) is 26.7. The van der Waals surface area contributed by atoms with Crippen LogP contribution in [0, 0.1) is 0 Å². The van der Waals surface area contributed by atoms with E-state index in [0.717, 1.165) is 56.6 Å². The molecule has 0 amide bonds. The van der Waals surface area contributed by atoms with Gasteiger partial charge in [0.2, 0.25) is 0 Å². The molecule has 5 heteroatoms. The third-order valence-corrected chi connectivity index (χ3v) is 10.5. The summed E-state index contributed by atoms with van der Waals surface area (Å²) in [6, 6.07) is 26.1. The quantitative estimate of drug-likeness (QED) is 0.311. The molecule has 0 bridgehead atoms. The third-order valence-electron chi connectivity index (χ3n) is 8.40. The first-order valence-electron chi connectivity index (χ1n) is 14.5. The summed E-state index contributed by atoms with van der Waals surface area (Å²) < 4.78 is 28.3. The highest BCUT2D eigenvalue weighted by atomic mass is 32.2. The predicted molar refractivity (Wildman–Crippen MR) is 162 cm³/mol.